The van der Waals surface area contributed by atoms with Gasteiger partial charge in [0.2, 0.25) is 0 Å². The van der Waals surface area contributed by atoms with Gasteiger partial charge in [0.25, 0.3) is 5.56 Å². The van der Waals surface area contributed by atoms with Crippen molar-refractivity contribution in [3.63, 3.8) is 0 Å². The second-order valence-electron chi connectivity index (χ2n) is 6.16. The molecular formula is C20H18N4O3S. The predicted molar refractivity (Wildman–Crippen MR) is 107 cm³/mol. The number of esters is 1. The topological polar surface area (TPSA) is 76.8 Å². The van der Waals surface area contributed by atoms with Crippen LogP contribution in [-0.2, 0) is 11.4 Å². The fourth-order valence-corrected chi connectivity index (χ4v) is 3.87. The number of fused-ring (bicyclic) bond motifs is 1. The van der Waals surface area contributed by atoms with E-state index < -0.39 is 0 Å². The number of hydrogen-bond acceptors (Lipinski definition) is 7. The molecule has 0 fully saturated rings. The summed E-state index contributed by atoms with van der Waals surface area (Å²) in [6, 6.07) is 10.8. The number of nitrogens with zero attached hydrogens (tertiary/aromatic N) is 4. The van der Waals surface area contributed by atoms with Gasteiger partial charge in [0, 0.05) is 18.1 Å². The van der Waals surface area contributed by atoms with Crippen molar-refractivity contribution in [1.82, 2.24) is 9.55 Å². The number of carbonyl (C=O) groups excluding carboxylic acids is 1. The molecule has 3 aromatic rings. The van der Waals surface area contributed by atoms with E-state index in [1.807, 2.05) is 35.2 Å². The molecule has 3 heterocycles. The van der Waals surface area contributed by atoms with Crippen molar-refractivity contribution in [3.05, 3.63) is 79.6 Å². The number of anilines is 1. The highest BCUT2D eigenvalue weighted by Crippen LogP contribution is 2.17. The summed E-state index contributed by atoms with van der Waals surface area (Å²) in [6.07, 6.45) is 5.25. The van der Waals surface area contributed by atoms with Gasteiger partial charge >= 0.3 is 5.97 Å². The highest BCUT2D eigenvalue weighted by atomic mass is 32.1. The SMILES string of the molecule is CCOC(=O)c1ccc(N2CN=c3sc(=Cc4ccncc4)c(=O)n3C2)cc1. The van der Waals surface area contributed by atoms with Crippen molar-refractivity contribution in [1.29, 1.82) is 0 Å². The molecule has 0 radical (unpaired) electrons. The highest BCUT2D eigenvalue weighted by Gasteiger charge is 2.16. The first-order valence-electron chi connectivity index (χ1n) is 8.83. The highest BCUT2D eigenvalue weighted by molar-refractivity contribution is 7.07. The number of thiazole rings is 1. The smallest absolute Gasteiger partial charge is 0.338 e. The minimum atomic E-state index is -0.343. The van der Waals surface area contributed by atoms with E-state index in [-0.39, 0.29) is 11.5 Å². The molecule has 0 aliphatic carbocycles. The number of aromatic nitrogens is 2. The Kier molecular flexibility index (Phi) is 5.03. The summed E-state index contributed by atoms with van der Waals surface area (Å²) in [5.74, 6) is -0.343. The lowest BCUT2D eigenvalue weighted by Crippen LogP contribution is -2.42. The molecule has 4 rings (SSSR count). The quantitative estimate of drug-likeness (QED) is 0.625. The molecule has 1 aliphatic rings. The predicted octanol–water partition coefficient (Wildman–Crippen LogP) is 1.37. The van der Waals surface area contributed by atoms with E-state index in [0.717, 1.165) is 11.3 Å². The lowest BCUT2D eigenvalue weighted by Gasteiger charge is -2.25. The van der Waals surface area contributed by atoms with Crippen molar-refractivity contribution < 1.29 is 9.53 Å². The number of ether oxygens (including phenoxy) is 1. The Bertz CT molecular complexity index is 1170. The van der Waals surface area contributed by atoms with Gasteiger partial charge in [-0.3, -0.25) is 14.3 Å². The number of pyridine rings is 1. The normalized spacial score (nSPS) is 13.8. The van der Waals surface area contributed by atoms with Gasteiger partial charge in [0.1, 0.15) is 13.3 Å². The van der Waals surface area contributed by atoms with E-state index in [9.17, 15) is 9.59 Å². The van der Waals surface area contributed by atoms with Gasteiger partial charge in [-0.2, -0.15) is 0 Å². The van der Waals surface area contributed by atoms with Crippen LogP contribution in [0.1, 0.15) is 22.8 Å². The number of benzene rings is 1. The molecule has 0 N–H and O–H groups in total. The summed E-state index contributed by atoms with van der Waals surface area (Å²) in [4.78, 5) is 35.8. The van der Waals surface area contributed by atoms with Crippen LogP contribution in [0.4, 0.5) is 5.69 Å². The Labute approximate surface area is 164 Å². The third-order valence-electron chi connectivity index (χ3n) is 4.32. The Morgan fingerprint density at radius 2 is 1.96 bits per heavy atom. The van der Waals surface area contributed by atoms with Crippen LogP contribution in [0.3, 0.4) is 0 Å². The van der Waals surface area contributed by atoms with Gasteiger partial charge in [-0.1, -0.05) is 11.3 Å². The molecule has 8 heteroatoms. The van der Waals surface area contributed by atoms with Gasteiger partial charge in [0.05, 0.1) is 16.7 Å². The number of hydrogen-bond donors (Lipinski definition) is 0. The maximum atomic E-state index is 12.8. The van der Waals surface area contributed by atoms with Crippen LogP contribution >= 0.6 is 11.3 Å². The van der Waals surface area contributed by atoms with E-state index in [1.165, 1.54) is 11.3 Å². The number of rotatable bonds is 4. The molecule has 0 saturated heterocycles. The lowest BCUT2D eigenvalue weighted by molar-refractivity contribution is 0.0526. The van der Waals surface area contributed by atoms with E-state index in [4.69, 9.17) is 4.74 Å². The number of carbonyl (C=O) groups is 1. The summed E-state index contributed by atoms with van der Waals surface area (Å²) in [6.45, 7) is 2.98. The van der Waals surface area contributed by atoms with Crippen molar-refractivity contribution in [2.75, 3.05) is 18.2 Å². The van der Waals surface area contributed by atoms with E-state index in [0.29, 0.717) is 34.8 Å². The molecule has 2 aromatic heterocycles. The summed E-state index contributed by atoms with van der Waals surface area (Å²) >= 11 is 1.39. The van der Waals surface area contributed by atoms with Crippen LogP contribution in [-0.4, -0.2) is 28.8 Å². The van der Waals surface area contributed by atoms with Crippen molar-refractivity contribution in [2.24, 2.45) is 4.99 Å². The van der Waals surface area contributed by atoms with E-state index in [1.54, 1.807) is 36.0 Å². The minimum absolute atomic E-state index is 0.0617. The Balaban J connectivity index is 1.60. The monoisotopic (exact) mass is 394 g/mol. The van der Waals surface area contributed by atoms with Gasteiger partial charge in [-0.15, -0.1) is 0 Å². The molecule has 142 valence electrons. The molecule has 0 bridgehead atoms. The first-order valence-corrected chi connectivity index (χ1v) is 9.65. The molecule has 0 saturated carbocycles. The van der Waals surface area contributed by atoms with Crippen LogP contribution in [0, 0.1) is 0 Å². The van der Waals surface area contributed by atoms with Crippen LogP contribution in [0.2, 0.25) is 0 Å². The molecule has 0 amide bonds. The van der Waals surface area contributed by atoms with Crippen LogP contribution in [0.25, 0.3) is 6.08 Å². The first kappa shape index (κ1) is 18.1. The second kappa shape index (κ2) is 7.77. The van der Waals surface area contributed by atoms with Gasteiger partial charge in [-0.05, 0) is 55.0 Å². The molecule has 0 unspecified atom stereocenters. The zero-order chi connectivity index (χ0) is 19.5. The Hall–Kier alpha value is -3.26. The van der Waals surface area contributed by atoms with Gasteiger partial charge in [0.15, 0.2) is 4.80 Å². The maximum Gasteiger partial charge on any atom is 0.338 e. The largest absolute Gasteiger partial charge is 0.462 e. The van der Waals surface area contributed by atoms with Gasteiger partial charge in [-0.25, -0.2) is 9.79 Å². The van der Waals surface area contributed by atoms with Crippen LogP contribution in [0.15, 0.2) is 58.6 Å². The van der Waals surface area contributed by atoms with Crippen LogP contribution in [0.5, 0.6) is 0 Å². The molecule has 0 spiro atoms. The third-order valence-corrected chi connectivity index (χ3v) is 5.37. The van der Waals surface area contributed by atoms with E-state index in [2.05, 4.69) is 9.98 Å². The van der Waals surface area contributed by atoms with Crippen molar-refractivity contribution in [3.8, 4) is 0 Å². The molecule has 1 aliphatic heterocycles. The first-order chi connectivity index (χ1) is 13.7. The maximum absolute atomic E-state index is 12.8. The zero-order valence-corrected chi connectivity index (χ0v) is 16.1. The lowest BCUT2D eigenvalue weighted by atomic mass is 10.2. The zero-order valence-electron chi connectivity index (χ0n) is 15.2. The third kappa shape index (κ3) is 3.59. The fraction of sp³-hybridized carbons (Fsp3) is 0.200. The molecular weight excluding hydrogens is 376 g/mol. The molecule has 1 aromatic carbocycles. The fourth-order valence-electron chi connectivity index (χ4n) is 2.91. The van der Waals surface area contributed by atoms with Crippen molar-refractivity contribution in [2.45, 2.75) is 13.6 Å². The summed E-state index contributed by atoms with van der Waals surface area (Å²) in [7, 11) is 0. The summed E-state index contributed by atoms with van der Waals surface area (Å²) < 4.78 is 7.31. The van der Waals surface area contributed by atoms with Crippen LogP contribution < -0.4 is 19.8 Å². The summed E-state index contributed by atoms with van der Waals surface area (Å²) in [5, 5.41) is 0. The minimum Gasteiger partial charge on any atom is -0.462 e. The molecule has 7 nitrogen and oxygen atoms in total. The average Bonchev–Trinajstić information content (AvgIpc) is 3.04. The second-order valence-corrected chi connectivity index (χ2v) is 7.16. The Morgan fingerprint density at radius 3 is 2.68 bits per heavy atom. The standard InChI is InChI=1S/C20H18N4O3S/c1-2-27-19(26)15-3-5-16(6-4-15)23-12-22-20-24(13-23)18(25)17(28-20)11-14-7-9-21-10-8-14/h3-11H,2,12-13H2,1H3. The van der Waals surface area contributed by atoms with Gasteiger partial charge < -0.3 is 9.64 Å². The van der Waals surface area contributed by atoms with E-state index >= 15 is 0 Å². The average molecular weight is 394 g/mol. The summed E-state index contributed by atoms with van der Waals surface area (Å²) in [5.41, 5.74) is 2.26. The van der Waals surface area contributed by atoms with Crippen molar-refractivity contribution >= 4 is 29.1 Å². The molecule has 0 atom stereocenters. The Morgan fingerprint density at radius 1 is 1.21 bits per heavy atom. The molecule has 28 heavy (non-hydrogen) atoms.